The Bertz CT molecular complexity index is 539. The molecule has 0 unspecified atom stereocenters. The minimum absolute atomic E-state index is 0.0714. The third kappa shape index (κ3) is 4.14. The number of esters is 1. The number of aliphatic hydroxyl groups is 1. The van der Waals surface area contributed by atoms with E-state index < -0.39 is 11.7 Å². The molecular formula is C20H30O3. The van der Waals surface area contributed by atoms with Crippen LogP contribution in [0.3, 0.4) is 0 Å². The van der Waals surface area contributed by atoms with E-state index in [0.29, 0.717) is 12.8 Å². The van der Waals surface area contributed by atoms with Crippen LogP contribution in [0.5, 0.6) is 0 Å². The maximum atomic E-state index is 12.4. The maximum Gasteiger partial charge on any atom is 0.334 e. The van der Waals surface area contributed by atoms with E-state index in [0.717, 1.165) is 36.8 Å². The molecule has 0 spiro atoms. The molecule has 2 atom stereocenters. The highest BCUT2D eigenvalue weighted by Crippen LogP contribution is 2.39. The molecule has 1 N–H and O–H groups in total. The Morgan fingerprint density at radius 3 is 2.43 bits per heavy atom. The maximum absolute atomic E-state index is 12.4. The van der Waals surface area contributed by atoms with Crippen LogP contribution in [0, 0.1) is 5.92 Å². The van der Waals surface area contributed by atoms with Crippen molar-refractivity contribution in [2.75, 3.05) is 0 Å². The molecule has 3 aliphatic rings. The van der Waals surface area contributed by atoms with Crippen LogP contribution in [-0.2, 0) is 9.53 Å². The third-order valence-corrected chi connectivity index (χ3v) is 5.21. The van der Waals surface area contributed by atoms with Gasteiger partial charge < -0.3 is 9.84 Å². The van der Waals surface area contributed by atoms with Crippen molar-refractivity contribution in [3.05, 3.63) is 34.9 Å². The molecule has 0 saturated carbocycles. The zero-order chi connectivity index (χ0) is 17.0. The largest absolute Gasteiger partial charge is 0.452 e. The van der Waals surface area contributed by atoms with Gasteiger partial charge in [0.05, 0.1) is 0 Å². The lowest BCUT2D eigenvalue weighted by atomic mass is 9.77. The summed E-state index contributed by atoms with van der Waals surface area (Å²) in [6.07, 6.45) is 10.6. The SMILES string of the molecule is C/C1=C/[C@@H](O)[C@]2(C(C)C)CC/C(=C\CC/C(C)=C\CC1)C(=O)O2. The van der Waals surface area contributed by atoms with Gasteiger partial charge in [0.15, 0.2) is 0 Å². The topological polar surface area (TPSA) is 46.5 Å². The highest BCUT2D eigenvalue weighted by Gasteiger charge is 2.47. The van der Waals surface area contributed by atoms with Crippen LogP contribution >= 0.6 is 0 Å². The smallest absolute Gasteiger partial charge is 0.334 e. The molecule has 23 heavy (non-hydrogen) atoms. The van der Waals surface area contributed by atoms with E-state index in [9.17, 15) is 9.90 Å². The predicted molar refractivity (Wildman–Crippen MR) is 93.0 cm³/mol. The van der Waals surface area contributed by atoms with Crippen molar-refractivity contribution in [1.29, 1.82) is 0 Å². The molecule has 128 valence electrons. The first-order valence-electron chi connectivity index (χ1n) is 8.78. The van der Waals surface area contributed by atoms with Gasteiger partial charge in [0.25, 0.3) is 0 Å². The zero-order valence-electron chi connectivity index (χ0n) is 14.9. The highest BCUT2D eigenvalue weighted by atomic mass is 16.6. The van der Waals surface area contributed by atoms with Gasteiger partial charge in [-0.2, -0.15) is 0 Å². The van der Waals surface area contributed by atoms with Crippen LogP contribution in [0.2, 0.25) is 0 Å². The number of aliphatic hydroxyl groups excluding tert-OH is 1. The number of fused-ring (bicyclic) bond motifs is 9. The summed E-state index contributed by atoms with van der Waals surface area (Å²) in [5, 5.41) is 10.8. The Balaban J connectivity index is 2.36. The highest BCUT2D eigenvalue weighted by molar-refractivity contribution is 5.89. The molecule has 0 amide bonds. The van der Waals surface area contributed by atoms with Gasteiger partial charge in [-0.25, -0.2) is 4.79 Å². The van der Waals surface area contributed by atoms with Gasteiger partial charge in [-0.1, -0.05) is 43.2 Å². The fraction of sp³-hybridized carbons (Fsp3) is 0.650. The first-order chi connectivity index (χ1) is 10.8. The monoisotopic (exact) mass is 318 g/mol. The van der Waals surface area contributed by atoms with Crippen molar-refractivity contribution in [2.45, 2.75) is 77.9 Å². The molecule has 1 saturated heterocycles. The minimum Gasteiger partial charge on any atom is -0.452 e. The second-order valence-corrected chi connectivity index (χ2v) is 7.31. The Labute approximate surface area is 140 Å². The molecule has 3 nitrogen and oxygen atoms in total. The third-order valence-electron chi connectivity index (χ3n) is 5.21. The zero-order valence-corrected chi connectivity index (χ0v) is 14.9. The van der Waals surface area contributed by atoms with Gasteiger partial charge in [0, 0.05) is 5.57 Å². The molecule has 3 rings (SSSR count). The average Bonchev–Trinajstić information content (AvgIpc) is 2.47. The molecule has 1 fully saturated rings. The van der Waals surface area contributed by atoms with E-state index in [1.807, 2.05) is 32.9 Å². The summed E-state index contributed by atoms with van der Waals surface area (Å²) in [5.41, 5.74) is 2.47. The normalized spacial score (nSPS) is 37.0. The Kier molecular flexibility index (Phi) is 5.85. The van der Waals surface area contributed by atoms with Crippen molar-refractivity contribution >= 4 is 5.97 Å². The van der Waals surface area contributed by atoms with Gasteiger partial charge in [0.2, 0.25) is 0 Å². The Morgan fingerprint density at radius 1 is 1.13 bits per heavy atom. The standard InChI is InChI=1S/C20H30O3/c1-14(2)20-12-11-17(19(22)23-20)10-6-8-15(3)7-5-9-16(4)13-18(20)21/h7,10,13-14,18,21H,5-6,8-9,11-12H2,1-4H3/b15-7-,16-13-,17-10+/t18-,20-/m1/s1. The van der Waals surface area contributed by atoms with Gasteiger partial charge >= 0.3 is 5.97 Å². The molecule has 2 bridgehead atoms. The lowest BCUT2D eigenvalue weighted by Gasteiger charge is -2.43. The van der Waals surface area contributed by atoms with E-state index in [-0.39, 0.29) is 11.9 Å². The van der Waals surface area contributed by atoms with E-state index in [1.165, 1.54) is 5.57 Å². The van der Waals surface area contributed by atoms with Gasteiger partial charge in [-0.15, -0.1) is 0 Å². The molecule has 3 heteroatoms. The lowest BCUT2D eigenvalue weighted by Crippen LogP contribution is -2.52. The molecule has 1 aliphatic carbocycles. The van der Waals surface area contributed by atoms with Crippen LogP contribution in [0.15, 0.2) is 34.9 Å². The summed E-state index contributed by atoms with van der Waals surface area (Å²) in [6.45, 7) is 8.22. The fourth-order valence-corrected chi connectivity index (χ4v) is 3.48. The molecule has 0 radical (unpaired) electrons. The number of ether oxygens (including phenoxy) is 1. The summed E-state index contributed by atoms with van der Waals surface area (Å²) < 4.78 is 5.81. The molecule has 2 aliphatic heterocycles. The summed E-state index contributed by atoms with van der Waals surface area (Å²) in [7, 11) is 0. The summed E-state index contributed by atoms with van der Waals surface area (Å²) >= 11 is 0. The van der Waals surface area contributed by atoms with E-state index >= 15 is 0 Å². The number of rotatable bonds is 1. The van der Waals surface area contributed by atoms with Crippen molar-refractivity contribution in [1.82, 2.24) is 0 Å². The van der Waals surface area contributed by atoms with E-state index in [1.54, 1.807) is 0 Å². The van der Waals surface area contributed by atoms with E-state index in [2.05, 4.69) is 13.0 Å². The average molecular weight is 318 g/mol. The number of carbonyl (C=O) groups is 1. The van der Waals surface area contributed by atoms with Crippen LogP contribution in [-0.4, -0.2) is 22.8 Å². The summed E-state index contributed by atoms with van der Waals surface area (Å²) in [6, 6.07) is 0. The van der Waals surface area contributed by atoms with Crippen molar-refractivity contribution < 1.29 is 14.6 Å². The quantitative estimate of drug-likeness (QED) is 0.573. The fourth-order valence-electron chi connectivity index (χ4n) is 3.48. The van der Waals surface area contributed by atoms with Gasteiger partial charge in [-0.05, 0) is 58.3 Å². The number of hydrogen-bond donors (Lipinski definition) is 1. The number of allylic oxidation sites excluding steroid dienone is 4. The van der Waals surface area contributed by atoms with Crippen molar-refractivity contribution in [3.8, 4) is 0 Å². The van der Waals surface area contributed by atoms with Crippen LogP contribution < -0.4 is 0 Å². The van der Waals surface area contributed by atoms with Gasteiger partial charge in [0.1, 0.15) is 11.7 Å². The molecule has 0 aromatic heterocycles. The second kappa shape index (κ2) is 7.48. The molecule has 0 aromatic rings. The van der Waals surface area contributed by atoms with Crippen LogP contribution in [0.4, 0.5) is 0 Å². The second-order valence-electron chi connectivity index (χ2n) is 7.31. The van der Waals surface area contributed by atoms with Crippen molar-refractivity contribution in [3.63, 3.8) is 0 Å². The first kappa shape index (κ1) is 18.0. The van der Waals surface area contributed by atoms with Crippen LogP contribution in [0.1, 0.15) is 66.2 Å². The number of carbonyl (C=O) groups excluding carboxylic acids is 1. The summed E-state index contributed by atoms with van der Waals surface area (Å²) in [4.78, 5) is 12.4. The van der Waals surface area contributed by atoms with Gasteiger partial charge in [-0.3, -0.25) is 0 Å². The minimum atomic E-state index is -0.800. The Hall–Kier alpha value is -1.35. The predicted octanol–water partition coefficient (Wildman–Crippen LogP) is 4.47. The molecular weight excluding hydrogens is 288 g/mol. The van der Waals surface area contributed by atoms with Crippen molar-refractivity contribution in [2.24, 2.45) is 5.92 Å². The van der Waals surface area contributed by atoms with Crippen LogP contribution in [0.25, 0.3) is 0 Å². The Morgan fingerprint density at radius 2 is 1.78 bits per heavy atom. The molecule has 0 aromatic carbocycles. The summed E-state index contributed by atoms with van der Waals surface area (Å²) in [5.74, 6) is -0.184. The lowest BCUT2D eigenvalue weighted by molar-refractivity contribution is -0.181. The number of hydrogen-bond acceptors (Lipinski definition) is 3. The van der Waals surface area contributed by atoms with E-state index in [4.69, 9.17) is 4.74 Å². The first-order valence-corrected chi connectivity index (χ1v) is 8.78. The molecule has 2 heterocycles.